The summed E-state index contributed by atoms with van der Waals surface area (Å²) < 4.78 is 32.0. The Kier molecular flexibility index (Phi) is 7.04. The number of nitrogens with zero attached hydrogens (tertiary/aromatic N) is 3. The van der Waals surface area contributed by atoms with E-state index in [2.05, 4.69) is 30.8 Å². The first-order valence-electron chi connectivity index (χ1n) is 12.8. The zero-order chi connectivity index (χ0) is 27.9. The minimum Gasteiger partial charge on any atom is -0.489 e. The van der Waals surface area contributed by atoms with E-state index in [-0.39, 0.29) is 17.6 Å². The van der Waals surface area contributed by atoms with Crippen LogP contribution in [0.1, 0.15) is 50.1 Å². The van der Waals surface area contributed by atoms with Gasteiger partial charge in [0, 0.05) is 29.3 Å². The Balaban J connectivity index is 1.50. The van der Waals surface area contributed by atoms with Gasteiger partial charge in [-0.05, 0) is 64.4 Å². The van der Waals surface area contributed by atoms with E-state index in [9.17, 15) is 13.5 Å². The number of rotatable bonds is 9. The molecule has 2 heterocycles. The number of para-hydroxylation sites is 1. The van der Waals surface area contributed by atoms with Crippen molar-refractivity contribution in [3.05, 3.63) is 65.0 Å². The molecule has 4 N–H and O–H groups in total. The third kappa shape index (κ3) is 5.07. The summed E-state index contributed by atoms with van der Waals surface area (Å²) >= 11 is 0. The first-order valence-corrected chi connectivity index (χ1v) is 14.3. The summed E-state index contributed by atoms with van der Waals surface area (Å²) in [6.07, 6.45) is 2.26. The maximum Gasteiger partial charge on any atom is 0.229 e. The van der Waals surface area contributed by atoms with Crippen molar-refractivity contribution in [3.63, 3.8) is 0 Å². The van der Waals surface area contributed by atoms with Crippen molar-refractivity contribution in [1.29, 1.82) is 0 Å². The van der Waals surface area contributed by atoms with Gasteiger partial charge >= 0.3 is 0 Å². The van der Waals surface area contributed by atoms with Gasteiger partial charge in [-0.1, -0.05) is 12.1 Å². The number of ether oxygens (including phenoxy) is 1. The van der Waals surface area contributed by atoms with Gasteiger partial charge in [0.1, 0.15) is 11.6 Å². The minimum atomic E-state index is -3.51. The van der Waals surface area contributed by atoms with Crippen LogP contribution in [-0.2, 0) is 22.9 Å². The van der Waals surface area contributed by atoms with Crippen LogP contribution in [0, 0.1) is 6.92 Å². The molecule has 39 heavy (non-hydrogen) atoms. The lowest BCUT2D eigenvalue weighted by molar-refractivity contribution is 0.243. The molecule has 0 radical (unpaired) electrons. The molecule has 2 aromatic heterocycles. The van der Waals surface area contributed by atoms with E-state index in [1.807, 2.05) is 32.9 Å². The van der Waals surface area contributed by atoms with Crippen LogP contribution in [0.2, 0.25) is 0 Å². The Morgan fingerprint density at radius 1 is 1.10 bits per heavy atom. The second kappa shape index (κ2) is 10.3. The van der Waals surface area contributed by atoms with Crippen LogP contribution in [0.15, 0.2) is 47.5 Å². The molecule has 0 saturated heterocycles. The molecule has 4 aromatic rings. The first-order chi connectivity index (χ1) is 18.6. The Labute approximate surface area is 227 Å². The largest absolute Gasteiger partial charge is 0.489 e. The molecule has 0 aliphatic heterocycles. The molecule has 1 aliphatic rings. The zero-order valence-corrected chi connectivity index (χ0v) is 23.3. The third-order valence-corrected chi connectivity index (χ3v) is 8.80. The van der Waals surface area contributed by atoms with E-state index in [1.165, 1.54) is 0 Å². The van der Waals surface area contributed by atoms with Crippen LogP contribution in [0.4, 0.5) is 23.1 Å². The first kappa shape index (κ1) is 26.6. The quantitative estimate of drug-likeness (QED) is 0.199. The number of aliphatic hydroxyl groups excluding tert-OH is 1. The Morgan fingerprint density at radius 2 is 1.87 bits per heavy atom. The SMILES string of the molecule is Cc1cnc(Nc2cc3c(cc2OC(C)C)Cc2c-3n[nH]c2CO)nc1Nc1ccccc1S(=O)(=O)C(C)C. The highest BCUT2D eigenvalue weighted by Crippen LogP contribution is 2.43. The zero-order valence-electron chi connectivity index (χ0n) is 22.5. The van der Waals surface area contributed by atoms with Gasteiger partial charge in [-0.2, -0.15) is 10.1 Å². The Bertz CT molecular complexity index is 1650. The number of anilines is 4. The molecule has 5 rings (SSSR count). The summed E-state index contributed by atoms with van der Waals surface area (Å²) in [6, 6.07) is 10.8. The molecular formula is C28H32N6O4S. The van der Waals surface area contributed by atoms with Crippen LogP contribution >= 0.6 is 0 Å². The van der Waals surface area contributed by atoms with Crippen molar-refractivity contribution in [2.45, 2.75) is 63.9 Å². The van der Waals surface area contributed by atoms with Gasteiger partial charge < -0.3 is 20.5 Å². The normalized spacial score (nSPS) is 12.5. The van der Waals surface area contributed by atoms with E-state index in [1.54, 1.807) is 44.3 Å². The van der Waals surface area contributed by atoms with E-state index in [4.69, 9.17) is 4.74 Å². The fourth-order valence-electron chi connectivity index (χ4n) is 4.52. The number of hydrogen-bond donors (Lipinski definition) is 4. The van der Waals surface area contributed by atoms with Gasteiger partial charge in [0.05, 0.1) is 45.6 Å². The number of aromatic amines is 1. The highest BCUT2D eigenvalue weighted by Gasteiger charge is 2.27. The summed E-state index contributed by atoms with van der Waals surface area (Å²) in [7, 11) is -3.51. The Morgan fingerprint density at radius 3 is 2.59 bits per heavy atom. The molecule has 0 unspecified atom stereocenters. The highest BCUT2D eigenvalue weighted by atomic mass is 32.2. The lowest BCUT2D eigenvalue weighted by Crippen LogP contribution is -2.16. The average molecular weight is 549 g/mol. The molecule has 0 amide bonds. The maximum atomic E-state index is 12.9. The molecule has 2 aromatic carbocycles. The van der Waals surface area contributed by atoms with Crippen molar-refractivity contribution in [2.24, 2.45) is 0 Å². The molecular weight excluding hydrogens is 516 g/mol. The predicted molar refractivity (Wildman–Crippen MR) is 151 cm³/mol. The van der Waals surface area contributed by atoms with Crippen molar-refractivity contribution in [1.82, 2.24) is 20.2 Å². The summed E-state index contributed by atoms with van der Waals surface area (Å²) in [5.74, 6) is 1.45. The van der Waals surface area contributed by atoms with Gasteiger partial charge in [0.25, 0.3) is 0 Å². The number of aliphatic hydroxyl groups is 1. The monoisotopic (exact) mass is 548 g/mol. The molecule has 204 valence electrons. The predicted octanol–water partition coefficient (Wildman–Crippen LogP) is 5.03. The molecule has 0 saturated carbocycles. The van der Waals surface area contributed by atoms with Crippen molar-refractivity contribution in [2.75, 3.05) is 10.6 Å². The van der Waals surface area contributed by atoms with Gasteiger partial charge in [-0.15, -0.1) is 0 Å². The van der Waals surface area contributed by atoms with Gasteiger partial charge in [0.15, 0.2) is 9.84 Å². The number of hydrogen-bond acceptors (Lipinski definition) is 9. The van der Waals surface area contributed by atoms with Crippen molar-refractivity contribution in [3.8, 4) is 17.0 Å². The third-order valence-electron chi connectivity index (χ3n) is 6.59. The van der Waals surface area contributed by atoms with E-state index in [0.717, 1.165) is 27.9 Å². The second-order valence-corrected chi connectivity index (χ2v) is 12.6. The number of benzene rings is 2. The smallest absolute Gasteiger partial charge is 0.229 e. The van der Waals surface area contributed by atoms with Crippen LogP contribution in [-0.4, -0.2) is 45.0 Å². The molecule has 11 heteroatoms. The highest BCUT2D eigenvalue weighted by molar-refractivity contribution is 7.92. The maximum absolute atomic E-state index is 12.9. The fourth-order valence-corrected chi connectivity index (χ4v) is 5.72. The second-order valence-electron chi connectivity index (χ2n) is 10.1. The molecule has 0 spiro atoms. The lowest BCUT2D eigenvalue weighted by Gasteiger charge is -2.18. The van der Waals surface area contributed by atoms with Gasteiger partial charge in [-0.25, -0.2) is 13.4 Å². The number of fused-ring (bicyclic) bond motifs is 3. The fraction of sp³-hybridized carbons (Fsp3) is 0.321. The van der Waals surface area contributed by atoms with E-state index in [0.29, 0.717) is 41.0 Å². The Hall–Kier alpha value is -3.96. The minimum absolute atomic E-state index is 0.0636. The molecule has 1 aliphatic carbocycles. The average Bonchev–Trinajstić information content (AvgIpc) is 3.45. The standard InChI is InChI=1S/C28H32N6O4S/c1-15(2)38-24-11-18-10-20-23(14-35)33-34-26(20)19(18)12-22(24)31-28-29-13-17(5)27(32-28)30-21-8-6-7-9-25(21)39(36,37)16(3)4/h6-9,11-13,15-16,35H,10,14H2,1-5H3,(H,33,34)(H2,29,30,31,32). The summed E-state index contributed by atoms with van der Waals surface area (Å²) in [4.78, 5) is 9.35. The molecule has 10 nitrogen and oxygen atoms in total. The van der Waals surface area contributed by atoms with Crippen LogP contribution in [0.3, 0.4) is 0 Å². The topological polar surface area (TPSA) is 142 Å². The van der Waals surface area contributed by atoms with Crippen LogP contribution in [0.5, 0.6) is 5.75 Å². The van der Waals surface area contributed by atoms with Crippen LogP contribution in [0.25, 0.3) is 11.3 Å². The van der Waals surface area contributed by atoms with Crippen molar-refractivity contribution >= 4 is 33.0 Å². The number of aryl methyl sites for hydroxylation is 1. The molecule has 0 bridgehead atoms. The lowest BCUT2D eigenvalue weighted by atomic mass is 10.1. The summed E-state index contributed by atoms with van der Waals surface area (Å²) in [6.45, 7) is 8.98. The van der Waals surface area contributed by atoms with Gasteiger partial charge in [0.2, 0.25) is 5.95 Å². The van der Waals surface area contributed by atoms with E-state index >= 15 is 0 Å². The van der Waals surface area contributed by atoms with Crippen LogP contribution < -0.4 is 15.4 Å². The number of H-pyrrole nitrogens is 1. The number of sulfone groups is 1. The molecule has 0 atom stereocenters. The number of nitrogens with one attached hydrogen (secondary N) is 3. The molecule has 0 fully saturated rings. The summed E-state index contributed by atoms with van der Waals surface area (Å²) in [5.41, 5.74) is 6.37. The van der Waals surface area contributed by atoms with Gasteiger partial charge in [-0.3, -0.25) is 5.10 Å². The van der Waals surface area contributed by atoms with E-state index < -0.39 is 15.1 Å². The summed E-state index contributed by atoms with van der Waals surface area (Å²) in [5, 5.41) is 22.9. The number of aromatic nitrogens is 4. The van der Waals surface area contributed by atoms with Crippen molar-refractivity contribution < 1.29 is 18.3 Å².